The van der Waals surface area contributed by atoms with Crippen LogP contribution in [0.15, 0.2) is 29.2 Å². The Balaban J connectivity index is 2.35. The van der Waals surface area contributed by atoms with Gasteiger partial charge in [-0.25, -0.2) is 17.6 Å². The number of aromatic nitrogens is 2. The molecule has 2 rings (SSSR count). The predicted octanol–water partition coefficient (Wildman–Crippen LogP) is 1.70. The SMILES string of the molecule is O=C(O)c1cc(NS(=O)(=O)c2cc(F)ccc2Cl)n[nH]1. The zero-order chi connectivity index (χ0) is 14.9. The number of aromatic carboxylic acids is 1. The molecule has 0 amide bonds. The zero-order valence-corrected chi connectivity index (χ0v) is 11.2. The second-order valence-corrected chi connectivity index (χ2v) is 5.71. The van der Waals surface area contributed by atoms with Crippen molar-refractivity contribution in [1.29, 1.82) is 0 Å². The molecular formula is C10H7ClFN3O4S. The minimum Gasteiger partial charge on any atom is -0.477 e. The largest absolute Gasteiger partial charge is 0.477 e. The number of nitrogens with one attached hydrogen (secondary N) is 2. The molecule has 0 radical (unpaired) electrons. The highest BCUT2D eigenvalue weighted by Crippen LogP contribution is 2.24. The van der Waals surface area contributed by atoms with Crippen molar-refractivity contribution < 1.29 is 22.7 Å². The summed E-state index contributed by atoms with van der Waals surface area (Å²) in [5.41, 5.74) is -0.298. The zero-order valence-electron chi connectivity index (χ0n) is 9.59. The van der Waals surface area contributed by atoms with Crippen molar-refractivity contribution in [3.05, 3.63) is 40.8 Å². The fourth-order valence-electron chi connectivity index (χ4n) is 1.36. The third-order valence-corrected chi connectivity index (χ3v) is 4.07. The molecule has 1 aromatic heterocycles. The summed E-state index contributed by atoms with van der Waals surface area (Å²) in [6.45, 7) is 0. The van der Waals surface area contributed by atoms with Crippen LogP contribution in [0.4, 0.5) is 10.2 Å². The number of aromatic amines is 1. The van der Waals surface area contributed by atoms with Crippen molar-refractivity contribution in [1.82, 2.24) is 10.2 Å². The molecule has 10 heteroatoms. The van der Waals surface area contributed by atoms with Crippen LogP contribution in [0.2, 0.25) is 5.02 Å². The molecule has 0 saturated carbocycles. The third kappa shape index (κ3) is 2.89. The van der Waals surface area contributed by atoms with Gasteiger partial charge in [-0.1, -0.05) is 11.6 Å². The first-order chi connectivity index (χ1) is 9.29. The molecule has 0 saturated heterocycles. The van der Waals surface area contributed by atoms with E-state index in [9.17, 15) is 17.6 Å². The predicted molar refractivity (Wildman–Crippen MR) is 67.8 cm³/mol. The van der Waals surface area contributed by atoms with Gasteiger partial charge in [0.1, 0.15) is 16.4 Å². The maximum absolute atomic E-state index is 13.1. The number of rotatable bonds is 4. The van der Waals surface area contributed by atoms with E-state index in [4.69, 9.17) is 16.7 Å². The number of H-pyrrole nitrogens is 1. The second-order valence-electron chi connectivity index (χ2n) is 3.65. The van der Waals surface area contributed by atoms with E-state index in [0.717, 1.165) is 24.3 Å². The molecule has 0 aliphatic heterocycles. The number of halogens is 2. The normalized spacial score (nSPS) is 11.3. The molecule has 0 aliphatic rings. The monoisotopic (exact) mass is 319 g/mol. The van der Waals surface area contributed by atoms with E-state index in [1.54, 1.807) is 0 Å². The standard InChI is InChI=1S/C10H7ClFN3O4S/c11-6-2-1-5(12)3-8(6)20(18,19)15-9-4-7(10(16)17)13-14-9/h1-4H,(H,16,17)(H2,13,14,15). The van der Waals surface area contributed by atoms with E-state index >= 15 is 0 Å². The van der Waals surface area contributed by atoms with Crippen LogP contribution in [0.1, 0.15) is 10.5 Å². The second kappa shape index (κ2) is 5.10. The van der Waals surface area contributed by atoms with Crippen molar-refractivity contribution >= 4 is 33.4 Å². The minimum absolute atomic E-state index is 0.173. The number of carboxylic acid groups (broad SMARTS) is 1. The number of hydrogen-bond acceptors (Lipinski definition) is 4. The van der Waals surface area contributed by atoms with Crippen molar-refractivity contribution in [3.8, 4) is 0 Å². The first-order valence-corrected chi connectivity index (χ1v) is 6.92. The average molecular weight is 320 g/mol. The van der Waals surface area contributed by atoms with E-state index < -0.39 is 26.7 Å². The molecule has 7 nitrogen and oxygen atoms in total. The van der Waals surface area contributed by atoms with Gasteiger partial charge in [0.25, 0.3) is 10.0 Å². The number of carbonyl (C=O) groups is 1. The molecule has 0 aliphatic carbocycles. The average Bonchev–Trinajstić information content (AvgIpc) is 2.80. The number of carboxylic acids is 1. The quantitative estimate of drug-likeness (QED) is 0.794. The van der Waals surface area contributed by atoms with Gasteiger partial charge in [0.2, 0.25) is 0 Å². The van der Waals surface area contributed by atoms with Crippen molar-refractivity contribution in [2.24, 2.45) is 0 Å². The molecule has 0 atom stereocenters. The van der Waals surface area contributed by atoms with Gasteiger partial charge in [-0.3, -0.25) is 9.82 Å². The topological polar surface area (TPSA) is 112 Å². The Kier molecular flexibility index (Phi) is 3.64. The molecule has 0 unspecified atom stereocenters. The Morgan fingerprint density at radius 2 is 2.10 bits per heavy atom. The maximum Gasteiger partial charge on any atom is 0.353 e. The summed E-state index contributed by atoms with van der Waals surface area (Å²) in [5, 5.41) is 14.1. The van der Waals surface area contributed by atoms with Gasteiger partial charge in [-0.2, -0.15) is 5.10 Å². The van der Waals surface area contributed by atoms with Crippen LogP contribution in [0, 0.1) is 5.82 Å². The van der Waals surface area contributed by atoms with Gasteiger partial charge in [-0.05, 0) is 18.2 Å². The fraction of sp³-hybridized carbons (Fsp3) is 0. The lowest BCUT2D eigenvalue weighted by Crippen LogP contribution is -2.14. The Morgan fingerprint density at radius 1 is 1.40 bits per heavy atom. The Hall–Kier alpha value is -2.13. The summed E-state index contributed by atoms with van der Waals surface area (Å²) in [7, 11) is -4.18. The van der Waals surface area contributed by atoms with Crippen molar-refractivity contribution in [2.45, 2.75) is 4.90 Å². The number of anilines is 1. The van der Waals surface area contributed by atoms with Crippen molar-refractivity contribution in [2.75, 3.05) is 4.72 Å². The van der Waals surface area contributed by atoms with E-state index in [-0.39, 0.29) is 16.5 Å². The number of nitrogens with zero attached hydrogens (tertiary/aromatic N) is 1. The van der Waals surface area contributed by atoms with Crippen LogP contribution in [0.3, 0.4) is 0 Å². The van der Waals surface area contributed by atoms with E-state index in [1.165, 1.54) is 0 Å². The molecule has 0 fully saturated rings. The number of benzene rings is 1. The molecule has 3 N–H and O–H groups in total. The highest BCUT2D eigenvalue weighted by molar-refractivity contribution is 7.92. The Morgan fingerprint density at radius 3 is 2.70 bits per heavy atom. The van der Waals surface area contributed by atoms with Crippen molar-refractivity contribution in [3.63, 3.8) is 0 Å². The Labute approximate surface area is 117 Å². The van der Waals surface area contributed by atoms with Gasteiger partial charge in [0.15, 0.2) is 5.82 Å². The summed E-state index contributed by atoms with van der Waals surface area (Å²) in [4.78, 5) is 10.2. The van der Waals surface area contributed by atoms with Crippen LogP contribution < -0.4 is 4.72 Å². The fourth-order valence-corrected chi connectivity index (χ4v) is 2.86. The smallest absolute Gasteiger partial charge is 0.353 e. The molecule has 0 bridgehead atoms. The van der Waals surface area contributed by atoms with Crippen LogP contribution in [-0.4, -0.2) is 29.7 Å². The van der Waals surface area contributed by atoms with Crippen LogP contribution >= 0.6 is 11.6 Å². The lowest BCUT2D eigenvalue weighted by molar-refractivity contribution is 0.0690. The van der Waals surface area contributed by atoms with Gasteiger partial charge in [0, 0.05) is 6.07 Å². The Bertz CT molecular complexity index is 775. The number of hydrogen-bond donors (Lipinski definition) is 3. The molecule has 0 spiro atoms. The van der Waals surface area contributed by atoms with Crippen LogP contribution in [0.25, 0.3) is 0 Å². The molecule has 1 aromatic carbocycles. The highest BCUT2D eigenvalue weighted by Gasteiger charge is 2.20. The lowest BCUT2D eigenvalue weighted by atomic mass is 10.3. The van der Waals surface area contributed by atoms with Gasteiger partial charge in [0.05, 0.1) is 5.02 Å². The van der Waals surface area contributed by atoms with Crippen LogP contribution in [0.5, 0.6) is 0 Å². The summed E-state index contributed by atoms with van der Waals surface area (Å²) >= 11 is 5.69. The van der Waals surface area contributed by atoms with E-state index in [0.29, 0.717) is 0 Å². The summed E-state index contributed by atoms with van der Waals surface area (Å²) < 4.78 is 39.0. The highest BCUT2D eigenvalue weighted by atomic mass is 35.5. The molecule has 106 valence electrons. The molecular weight excluding hydrogens is 313 g/mol. The lowest BCUT2D eigenvalue weighted by Gasteiger charge is -2.06. The summed E-state index contributed by atoms with van der Waals surface area (Å²) in [6.07, 6.45) is 0. The summed E-state index contributed by atoms with van der Waals surface area (Å²) in [6, 6.07) is 3.83. The number of sulfonamides is 1. The van der Waals surface area contributed by atoms with E-state index in [1.807, 2.05) is 4.72 Å². The van der Waals surface area contributed by atoms with Crippen LogP contribution in [-0.2, 0) is 10.0 Å². The third-order valence-electron chi connectivity index (χ3n) is 2.23. The maximum atomic E-state index is 13.1. The van der Waals surface area contributed by atoms with E-state index in [2.05, 4.69) is 10.2 Å². The molecule has 2 aromatic rings. The molecule has 20 heavy (non-hydrogen) atoms. The first kappa shape index (κ1) is 14.3. The summed E-state index contributed by atoms with van der Waals surface area (Å²) in [5.74, 6) is -2.32. The minimum atomic E-state index is -4.18. The van der Waals surface area contributed by atoms with Gasteiger partial charge in [-0.15, -0.1) is 0 Å². The first-order valence-electron chi connectivity index (χ1n) is 5.06. The van der Waals surface area contributed by atoms with Gasteiger partial charge >= 0.3 is 5.97 Å². The van der Waals surface area contributed by atoms with Gasteiger partial charge < -0.3 is 5.11 Å². The molecule has 1 heterocycles.